The van der Waals surface area contributed by atoms with Crippen LogP contribution in [0.4, 0.5) is 0 Å². The number of hydrogen-bond acceptors (Lipinski definition) is 2. The fraction of sp³-hybridized carbons (Fsp3) is 0.889. The van der Waals surface area contributed by atoms with Gasteiger partial charge in [0.05, 0.1) is 0 Å². The van der Waals surface area contributed by atoms with E-state index in [1.54, 1.807) is 0 Å². The molecule has 1 atom stereocenters. The lowest BCUT2D eigenvalue weighted by molar-refractivity contribution is -0.138. The average molecular weight is 313 g/mol. The Hall–Kier alpha value is -1.06. The molecular formula is C18H35NO3. The zero-order valence-electron chi connectivity index (χ0n) is 14.5. The second kappa shape index (κ2) is 14.9. The van der Waals surface area contributed by atoms with E-state index in [0.717, 1.165) is 32.1 Å². The first-order valence-electron chi connectivity index (χ1n) is 9.11. The summed E-state index contributed by atoms with van der Waals surface area (Å²) in [7, 11) is 0. The summed E-state index contributed by atoms with van der Waals surface area (Å²) in [6, 6.07) is 0. The molecule has 0 aromatic rings. The standard InChI is InChI=1S/C18H35NO3/c1-3-5-7-9-10-12-14-16(13-11-8-6-4-2)18(22)19-15-17(20)21/h16H,3-15H2,1-2H3,(H,19,22)(H,20,21). The first-order chi connectivity index (χ1) is 10.6. The van der Waals surface area contributed by atoms with Gasteiger partial charge in [-0.05, 0) is 12.8 Å². The summed E-state index contributed by atoms with van der Waals surface area (Å²) in [6.45, 7) is 4.12. The summed E-state index contributed by atoms with van der Waals surface area (Å²) in [5, 5.41) is 11.2. The van der Waals surface area contributed by atoms with Gasteiger partial charge in [0.15, 0.2) is 0 Å². The second-order valence-corrected chi connectivity index (χ2v) is 6.21. The first-order valence-corrected chi connectivity index (χ1v) is 9.11. The maximum Gasteiger partial charge on any atom is 0.322 e. The summed E-state index contributed by atoms with van der Waals surface area (Å²) in [4.78, 5) is 22.7. The lowest BCUT2D eigenvalue weighted by Crippen LogP contribution is -2.34. The van der Waals surface area contributed by atoms with Crippen LogP contribution in [0.2, 0.25) is 0 Å². The summed E-state index contributed by atoms with van der Waals surface area (Å²) < 4.78 is 0. The first kappa shape index (κ1) is 20.9. The SMILES string of the molecule is CCCCCCCCC(CCCCCC)C(=O)NCC(=O)O. The van der Waals surface area contributed by atoms with Crippen LogP contribution >= 0.6 is 0 Å². The number of carboxylic acids is 1. The van der Waals surface area contributed by atoms with Gasteiger partial charge in [-0.2, -0.15) is 0 Å². The molecule has 0 aliphatic carbocycles. The Labute approximate surface area is 136 Å². The van der Waals surface area contributed by atoms with Crippen molar-refractivity contribution in [2.24, 2.45) is 5.92 Å². The van der Waals surface area contributed by atoms with Gasteiger partial charge in [0.25, 0.3) is 0 Å². The van der Waals surface area contributed by atoms with E-state index in [0.29, 0.717) is 0 Å². The summed E-state index contributed by atoms with van der Waals surface area (Å²) in [6.07, 6.45) is 13.7. The van der Waals surface area contributed by atoms with Gasteiger partial charge in [0.2, 0.25) is 5.91 Å². The Morgan fingerprint density at radius 2 is 1.27 bits per heavy atom. The van der Waals surface area contributed by atoms with Gasteiger partial charge >= 0.3 is 5.97 Å². The van der Waals surface area contributed by atoms with Gasteiger partial charge in [0, 0.05) is 5.92 Å². The third-order valence-corrected chi connectivity index (χ3v) is 4.10. The zero-order valence-corrected chi connectivity index (χ0v) is 14.5. The minimum atomic E-state index is -0.974. The van der Waals surface area contributed by atoms with Crippen molar-refractivity contribution in [2.75, 3.05) is 6.54 Å². The molecule has 0 aromatic carbocycles. The molecule has 130 valence electrons. The molecule has 0 aliphatic rings. The number of carboxylic acid groups (broad SMARTS) is 1. The molecule has 0 rings (SSSR count). The van der Waals surface area contributed by atoms with Gasteiger partial charge in [-0.3, -0.25) is 9.59 Å². The molecule has 0 radical (unpaired) electrons. The van der Waals surface area contributed by atoms with E-state index in [1.165, 1.54) is 44.9 Å². The third kappa shape index (κ3) is 12.7. The molecular weight excluding hydrogens is 278 g/mol. The highest BCUT2D eigenvalue weighted by Crippen LogP contribution is 2.19. The van der Waals surface area contributed by atoms with Gasteiger partial charge < -0.3 is 10.4 Å². The third-order valence-electron chi connectivity index (χ3n) is 4.10. The number of nitrogens with one attached hydrogen (secondary N) is 1. The topological polar surface area (TPSA) is 66.4 Å². The Kier molecular flexibility index (Phi) is 14.1. The van der Waals surface area contributed by atoms with E-state index in [4.69, 9.17) is 5.11 Å². The monoisotopic (exact) mass is 313 g/mol. The van der Waals surface area contributed by atoms with Crippen molar-refractivity contribution >= 4 is 11.9 Å². The Morgan fingerprint density at radius 1 is 0.818 bits per heavy atom. The molecule has 4 heteroatoms. The lowest BCUT2D eigenvalue weighted by atomic mass is 9.93. The normalized spacial score (nSPS) is 12.1. The maximum atomic E-state index is 12.1. The molecule has 0 saturated heterocycles. The van der Waals surface area contributed by atoms with Crippen molar-refractivity contribution in [3.8, 4) is 0 Å². The minimum Gasteiger partial charge on any atom is -0.480 e. The number of aliphatic carboxylic acids is 1. The highest BCUT2D eigenvalue weighted by molar-refractivity contribution is 5.82. The van der Waals surface area contributed by atoms with Gasteiger partial charge in [-0.15, -0.1) is 0 Å². The Morgan fingerprint density at radius 3 is 1.77 bits per heavy atom. The van der Waals surface area contributed by atoms with E-state index in [9.17, 15) is 9.59 Å². The molecule has 1 amide bonds. The van der Waals surface area contributed by atoms with Crippen molar-refractivity contribution < 1.29 is 14.7 Å². The van der Waals surface area contributed by atoms with Crippen molar-refractivity contribution in [3.63, 3.8) is 0 Å². The number of unbranched alkanes of at least 4 members (excludes halogenated alkanes) is 8. The van der Waals surface area contributed by atoms with E-state index < -0.39 is 5.97 Å². The number of carbonyl (C=O) groups excluding carboxylic acids is 1. The van der Waals surface area contributed by atoms with Crippen molar-refractivity contribution in [3.05, 3.63) is 0 Å². The minimum absolute atomic E-state index is 0.0117. The van der Waals surface area contributed by atoms with E-state index in [-0.39, 0.29) is 18.4 Å². The fourth-order valence-electron chi connectivity index (χ4n) is 2.70. The van der Waals surface area contributed by atoms with Crippen LogP contribution in [0.5, 0.6) is 0 Å². The largest absolute Gasteiger partial charge is 0.480 e. The second-order valence-electron chi connectivity index (χ2n) is 6.21. The Balaban J connectivity index is 4.03. The maximum absolute atomic E-state index is 12.1. The number of hydrogen-bond donors (Lipinski definition) is 2. The van der Waals surface area contributed by atoms with Crippen LogP contribution in [0.15, 0.2) is 0 Å². The average Bonchev–Trinajstić information content (AvgIpc) is 2.50. The molecule has 2 N–H and O–H groups in total. The smallest absolute Gasteiger partial charge is 0.322 e. The van der Waals surface area contributed by atoms with Crippen LogP contribution in [-0.2, 0) is 9.59 Å². The summed E-state index contributed by atoms with van der Waals surface area (Å²) >= 11 is 0. The van der Waals surface area contributed by atoms with Crippen LogP contribution in [0.3, 0.4) is 0 Å². The lowest BCUT2D eigenvalue weighted by Gasteiger charge is -2.16. The number of carbonyl (C=O) groups is 2. The van der Waals surface area contributed by atoms with E-state index in [1.807, 2.05) is 0 Å². The Bertz CT molecular complexity index is 292. The highest BCUT2D eigenvalue weighted by Gasteiger charge is 2.18. The molecule has 0 spiro atoms. The van der Waals surface area contributed by atoms with Crippen molar-refractivity contribution in [1.29, 1.82) is 0 Å². The van der Waals surface area contributed by atoms with Crippen LogP contribution < -0.4 is 5.32 Å². The van der Waals surface area contributed by atoms with Gasteiger partial charge in [-0.25, -0.2) is 0 Å². The zero-order chi connectivity index (χ0) is 16.6. The van der Waals surface area contributed by atoms with Crippen molar-refractivity contribution in [2.45, 2.75) is 90.9 Å². The number of amides is 1. The van der Waals surface area contributed by atoms with Crippen LogP contribution in [0.1, 0.15) is 90.9 Å². The van der Waals surface area contributed by atoms with Crippen molar-refractivity contribution in [1.82, 2.24) is 5.32 Å². The molecule has 0 aliphatic heterocycles. The quantitative estimate of drug-likeness (QED) is 0.437. The molecule has 1 unspecified atom stereocenters. The predicted molar refractivity (Wildman–Crippen MR) is 90.9 cm³/mol. The van der Waals surface area contributed by atoms with E-state index >= 15 is 0 Å². The molecule has 4 nitrogen and oxygen atoms in total. The van der Waals surface area contributed by atoms with Gasteiger partial charge in [-0.1, -0.05) is 78.1 Å². The van der Waals surface area contributed by atoms with Crippen LogP contribution in [0, 0.1) is 5.92 Å². The highest BCUT2D eigenvalue weighted by atomic mass is 16.4. The molecule has 0 fully saturated rings. The molecule has 0 saturated carbocycles. The molecule has 0 heterocycles. The molecule has 0 bridgehead atoms. The van der Waals surface area contributed by atoms with Crippen LogP contribution in [-0.4, -0.2) is 23.5 Å². The predicted octanol–water partition coefficient (Wildman–Crippen LogP) is 4.52. The summed E-state index contributed by atoms with van der Waals surface area (Å²) in [5.41, 5.74) is 0. The number of rotatable bonds is 15. The van der Waals surface area contributed by atoms with E-state index in [2.05, 4.69) is 19.2 Å². The summed E-state index contributed by atoms with van der Waals surface area (Å²) in [5.74, 6) is -1.06. The molecule has 22 heavy (non-hydrogen) atoms. The fourth-order valence-corrected chi connectivity index (χ4v) is 2.70. The van der Waals surface area contributed by atoms with Gasteiger partial charge in [0.1, 0.15) is 6.54 Å². The van der Waals surface area contributed by atoms with Crippen LogP contribution in [0.25, 0.3) is 0 Å². The molecule has 0 aromatic heterocycles.